The van der Waals surface area contributed by atoms with Crippen molar-refractivity contribution in [3.63, 3.8) is 0 Å². The van der Waals surface area contributed by atoms with E-state index in [2.05, 4.69) is 24.1 Å². The fourth-order valence-electron chi connectivity index (χ4n) is 2.09. The molecule has 1 unspecified atom stereocenters. The molecule has 0 aromatic heterocycles. The molecule has 0 aliphatic carbocycles. The smallest absolute Gasteiger partial charge is 0.146 e. The van der Waals surface area contributed by atoms with Gasteiger partial charge in [0, 0.05) is 26.2 Å². The van der Waals surface area contributed by atoms with E-state index in [1.165, 1.54) is 0 Å². The summed E-state index contributed by atoms with van der Waals surface area (Å²) >= 11 is 0. The van der Waals surface area contributed by atoms with E-state index in [0.29, 0.717) is 31.4 Å². The first-order valence-electron chi connectivity index (χ1n) is 6.82. The number of rotatable bonds is 8. The van der Waals surface area contributed by atoms with Crippen molar-refractivity contribution >= 4 is 5.69 Å². The third-order valence-corrected chi connectivity index (χ3v) is 3.36. The van der Waals surface area contributed by atoms with Gasteiger partial charge in [-0.1, -0.05) is 13.0 Å². The van der Waals surface area contributed by atoms with Crippen LogP contribution in [-0.4, -0.2) is 33.4 Å². The minimum absolute atomic E-state index is 0.163. The topological polar surface area (TPSA) is 24.5 Å². The monoisotopic (exact) mass is 268 g/mol. The fraction of sp³-hybridized carbons (Fsp3) is 0.600. The second kappa shape index (κ2) is 8.12. The molecular formula is C15H25FN2O. The first-order chi connectivity index (χ1) is 9.13. The van der Waals surface area contributed by atoms with Gasteiger partial charge in [-0.2, -0.15) is 0 Å². The highest BCUT2D eigenvalue weighted by Gasteiger charge is 2.16. The van der Waals surface area contributed by atoms with Gasteiger partial charge in [-0.05, 0) is 38.1 Å². The van der Waals surface area contributed by atoms with Crippen molar-refractivity contribution in [3.8, 4) is 0 Å². The maximum Gasteiger partial charge on any atom is 0.146 e. The summed E-state index contributed by atoms with van der Waals surface area (Å²) in [6, 6.07) is 5.73. The summed E-state index contributed by atoms with van der Waals surface area (Å²) in [6.07, 6.45) is 0.974. The van der Waals surface area contributed by atoms with Crippen molar-refractivity contribution in [2.75, 3.05) is 32.2 Å². The second-order valence-electron chi connectivity index (χ2n) is 4.76. The van der Waals surface area contributed by atoms with Crippen LogP contribution < -0.4 is 10.2 Å². The molecule has 1 aromatic carbocycles. The van der Waals surface area contributed by atoms with Crippen molar-refractivity contribution in [2.45, 2.75) is 32.9 Å². The molecule has 3 nitrogen and oxygen atoms in total. The summed E-state index contributed by atoms with van der Waals surface area (Å²) in [5.74, 6) is -0.163. The molecule has 1 N–H and O–H groups in total. The van der Waals surface area contributed by atoms with Gasteiger partial charge in [-0.15, -0.1) is 0 Å². The van der Waals surface area contributed by atoms with E-state index in [1.54, 1.807) is 13.2 Å². The molecule has 1 aromatic rings. The van der Waals surface area contributed by atoms with Gasteiger partial charge in [-0.3, -0.25) is 0 Å². The lowest BCUT2D eigenvalue weighted by molar-refractivity contribution is 0.203. The minimum Gasteiger partial charge on any atom is -0.383 e. The number of hydrogen-bond donors (Lipinski definition) is 1. The Morgan fingerprint density at radius 3 is 2.68 bits per heavy atom. The van der Waals surface area contributed by atoms with Gasteiger partial charge in [0.15, 0.2) is 0 Å². The average molecular weight is 268 g/mol. The molecule has 0 fully saturated rings. The van der Waals surface area contributed by atoms with Crippen molar-refractivity contribution in [1.29, 1.82) is 0 Å². The highest BCUT2D eigenvalue weighted by Crippen LogP contribution is 2.23. The van der Waals surface area contributed by atoms with Gasteiger partial charge >= 0.3 is 0 Å². The molecule has 1 rings (SSSR count). The van der Waals surface area contributed by atoms with Gasteiger partial charge in [0.05, 0.1) is 12.3 Å². The maximum absolute atomic E-state index is 14.2. The molecule has 0 aliphatic rings. The molecule has 0 amide bonds. The zero-order valence-corrected chi connectivity index (χ0v) is 12.4. The van der Waals surface area contributed by atoms with Crippen LogP contribution in [-0.2, 0) is 11.3 Å². The van der Waals surface area contributed by atoms with Gasteiger partial charge in [0.25, 0.3) is 0 Å². The van der Waals surface area contributed by atoms with E-state index in [4.69, 9.17) is 4.74 Å². The molecular weight excluding hydrogens is 243 g/mol. The number of nitrogens with one attached hydrogen (secondary N) is 1. The Balaban J connectivity index is 2.94. The SMILES string of the molecule is CCC(C)N(CCOC)c1ccc(CNC)cc1F. The van der Waals surface area contributed by atoms with E-state index in [-0.39, 0.29) is 5.82 Å². The van der Waals surface area contributed by atoms with Crippen molar-refractivity contribution in [3.05, 3.63) is 29.6 Å². The summed E-state index contributed by atoms with van der Waals surface area (Å²) in [5, 5.41) is 3.03. The van der Waals surface area contributed by atoms with Crippen LogP contribution in [0.5, 0.6) is 0 Å². The van der Waals surface area contributed by atoms with Gasteiger partial charge in [-0.25, -0.2) is 4.39 Å². The van der Waals surface area contributed by atoms with Crippen LogP contribution >= 0.6 is 0 Å². The molecule has 0 radical (unpaired) electrons. The van der Waals surface area contributed by atoms with E-state index < -0.39 is 0 Å². The Labute approximate surface area is 115 Å². The Morgan fingerprint density at radius 1 is 1.42 bits per heavy atom. The number of nitrogens with zero attached hydrogens (tertiary/aromatic N) is 1. The van der Waals surface area contributed by atoms with Crippen LogP contribution in [0.15, 0.2) is 18.2 Å². The Morgan fingerprint density at radius 2 is 2.16 bits per heavy atom. The van der Waals surface area contributed by atoms with E-state index in [0.717, 1.165) is 12.0 Å². The van der Waals surface area contributed by atoms with E-state index >= 15 is 0 Å². The van der Waals surface area contributed by atoms with E-state index in [1.807, 2.05) is 19.2 Å². The third-order valence-electron chi connectivity index (χ3n) is 3.36. The van der Waals surface area contributed by atoms with Crippen LogP contribution in [0.25, 0.3) is 0 Å². The molecule has 1 atom stereocenters. The third kappa shape index (κ3) is 4.48. The fourth-order valence-corrected chi connectivity index (χ4v) is 2.09. The summed E-state index contributed by atoms with van der Waals surface area (Å²) in [4.78, 5) is 2.07. The highest BCUT2D eigenvalue weighted by molar-refractivity contribution is 5.50. The van der Waals surface area contributed by atoms with Crippen LogP contribution in [0.3, 0.4) is 0 Å². The number of ether oxygens (including phenoxy) is 1. The minimum atomic E-state index is -0.163. The average Bonchev–Trinajstić information content (AvgIpc) is 2.41. The van der Waals surface area contributed by atoms with Gasteiger partial charge < -0.3 is 15.0 Å². The lowest BCUT2D eigenvalue weighted by Crippen LogP contribution is -2.36. The van der Waals surface area contributed by atoms with Crippen LogP contribution in [0.4, 0.5) is 10.1 Å². The maximum atomic E-state index is 14.2. The summed E-state index contributed by atoms with van der Waals surface area (Å²) < 4.78 is 19.4. The second-order valence-corrected chi connectivity index (χ2v) is 4.76. The molecule has 108 valence electrons. The first kappa shape index (κ1) is 15.9. The van der Waals surface area contributed by atoms with Crippen molar-refractivity contribution in [1.82, 2.24) is 5.32 Å². The molecule has 0 spiro atoms. The summed E-state index contributed by atoms with van der Waals surface area (Å²) in [6.45, 7) is 6.20. The predicted octanol–water partition coefficient (Wildman–Crippen LogP) is 2.80. The van der Waals surface area contributed by atoms with Crippen LogP contribution in [0, 0.1) is 5.82 Å². The molecule has 19 heavy (non-hydrogen) atoms. The molecule has 0 saturated carbocycles. The quantitative estimate of drug-likeness (QED) is 0.784. The number of halogens is 1. The molecule has 4 heteroatoms. The number of anilines is 1. The zero-order valence-electron chi connectivity index (χ0n) is 12.4. The molecule has 0 aliphatic heterocycles. The number of benzene rings is 1. The first-order valence-corrected chi connectivity index (χ1v) is 6.82. The number of hydrogen-bond acceptors (Lipinski definition) is 3. The Bertz CT molecular complexity index is 384. The lowest BCUT2D eigenvalue weighted by Gasteiger charge is -2.31. The predicted molar refractivity (Wildman–Crippen MR) is 78.1 cm³/mol. The molecule has 0 bridgehead atoms. The lowest BCUT2D eigenvalue weighted by atomic mass is 10.1. The Hall–Kier alpha value is -1.13. The summed E-state index contributed by atoms with van der Waals surface area (Å²) in [5.41, 5.74) is 1.62. The van der Waals surface area contributed by atoms with Gasteiger partial charge in [0.2, 0.25) is 0 Å². The van der Waals surface area contributed by atoms with E-state index in [9.17, 15) is 4.39 Å². The summed E-state index contributed by atoms with van der Waals surface area (Å²) in [7, 11) is 3.52. The highest BCUT2D eigenvalue weighted by atomic mass is 19.1. The van der Waals surface area contributed by atoms with Crippen LogP contribution in [0.2, 0.25) is 0 Å². The van der Waals surface area contributed by atoms with Crippen LogP contribution in [0.1, 0.15) is 25.8 Å². The zero-order chi connectivity index (χ0) is 14.3. The molecule has 0 saturated heterocycles. The Kier molecular flexibility index (Phi) is 6.81. The largest absolute Gasteiger partial charge is 0.383 e. The standard InChI is InChI=1S/C15H25FN2O/c1-5-12(2)18(8-9-19-4)15-7-6-13(11-17-3)10-14(15)16/h6-7,10,12,17H,5,8-9,11H2,1-4H3. The van der Waals surface area contributed by atoms with Crippen molar-refractivity contribution in [2.24, 2.45) is 0 Å². The number of methoxy groups -OCH3 is 1. The normalized spacial score (nSPS) is 12.5. The molecule has 0 heterocycles. The van der Waals surface area contributed by atoms with Crippen molar-refractivity contribution < 1.29 is 9.13 Å². The van der Waals surface area contributed by atoms with Gasteiger partial charge in [0.1, 0.15) is 5.82 Å².